The van der Waals surface area contributed by atoms with Crippen LogP contribution in [-0.4, -0.2) is 59.5 Å². The number of nitrogens with zero attached hydrogens (tertiary/aromatic N) is 2. The lowest BCUT2D eigenvalue weighted by Gasteiger charge is -2.36. The van der Waals surface area contributed by atoms with Crippen LogP contribution >= 0.6 is 0 Å². The van der Waals surface area contributed by atoms with E-state index in [1.807, 2.05) is 24.3 Å². The molecule has 1 aliphatic rings. The highest BCUT2D eigenvalue weighted by Gasteiger charge is 2.19. The van der Waals surface area contributed by atoms with Crippen molar-refractivity contribution in [3.05, 3.63) is 42.0 Å². The first-order valence-corrected chi connectivity index (χ1v) is 9.08. The first-order chi connectivity index (χ1) is 13.2. The minimum Gasteiger partial charge on any atom is -0.497 e. The third kappa shape index (κ3) is 4.39. The number of benzene rings is 2. The van der Waals surface area contributed by atoms with Crippen LogP contribution in [0.4, 0.5) is 5.69 Å². The number of piperazine rings is 1. The van der Waals surface area contributed by atoms with Gasteiger partial charge in [-0.2, -0.15) is 0 Å². The van der Waals surface area contributed by atoms with Gasteiger partial charge in [0.2, 0.25) is 5.75 Å². The molecule has 146 valence electrons. The Morgan fingerprint density at radius 2 is 1.44 bits per heavy atom. The molecule has 27 heavy (non-hydrogen) atoms. The van der Waals surface area contributed by atoms with Crippen molar-refractivity contribution in [3.8, 4) is 23.0 Å². The van der Waals surface area contributed by atoms with Crippen molar-refractivity contribution in [2.24, 2.45) is 0 Å². The highest BCUT2D eigenvalue weighted by Crippen LogP contribution is 2.38. The lowest BCUT2D eigenvalue weighted by molar-refractivity contribution is 0.248. The third-order valence-corrected chi connectivity index (χ3v) is 4.92. The van der Waals surface area contributed by atoms with Crippen molar-refractivity contribution >= 4 is 5.69 Å². The average molecular weight is 372 g/mol. The van der Waals surface area contributed by atoms with Crippen LogP contribution in [-0.2, 0) is 6.54 Å². The Morgan fingerprint density at radius 3 is 2.00 bits per heavy atom. The smallest absolute Gasteiger partial charge is 0.203 e. The third-order valence-electron chi connectivity index (χ3n) is 4.92. The molecule has 6 nitrogen and oxygen atoms in total. The highest BCUT2D eigenvalue weighted by atomic mass is 16.5. The summed E-state index contributed by atoms with van der Waals surface area (Å²) in [6.07, 6.45) is 0. The Labute approximate surface area is 161 Å². The largest absolute Gasteiger partial charge is 0.497 e. The van der Waals surface area contributed by atoms with Crippen molar-refractivity contribution in [1.29, 1.82) is 0 Å². The topological polar surface area (TPSA) is 43.4 Å². The van der Waals surface area contributed by atoms with E-state index in [4.69, 9.17) is 18.9 Å². The van der Waals surface area contributed by atoms with Crippen LogP contribution in [0.15, 0.2) is 36.4 Å². The van der Waals surface area contributed by atoms with Gasteiger partial charge in [-0.05, 0) is 29.8 Å². The number of anilines is 1. The van der Waals surface area contributed by atoms with Crippen molar-refractivity contribution in [2.75, 3.05) is 59.5 Å². The van der Waals surface area contributed by atoms with Crippen molar-refractivity contribution in [2.45, 2.75) is 6.54 Å². The molecule has 0 aromatic heterocycles. The lowest BCUT2D eigenvalue weighted by Crippen LogP contribution is -2.45. The number of rotatable bonds is 7. The molecule has 1 heterocycles. The van der Waals surface area contributed by atoms with Crippen molar-refractivity contribution < 1.29 is 18.9 Å². The van der Waals surface area contributed by atoms with E-state index in [-0.39, 0.29) is 0 Å². The predicted molar refractivity (Wildman–Crippen MR) is 107 cm³/mol. The molecule has 0 aliphatic carbocycles. The Hall–Kier alpha value is -2.60. The van der Waals surface area contributed by atoms with E-state index in [1.165, 1.54) is 5.69 Å². The summed E-state index contributed by atoms with van der Waals surface area (Å²) in [6, 6.07) is 12.3. The summed E-state index contributed by atoms with van der Waals surface area (Å²) in [7, 11) is 6.62. The standard InChI is InChI=1S/C21H28N2O4/c1-24-18-7-5-6-17(14-18)23-10-8-22(9-11-23)15-16-12-19(25-2)21(27-4)20(13-16)26-3/h5-7,12-14H,8-11,15H2,1-4H3. The van der Waals surface area contributed by atoms with Gasteiger partial charge in [0.15, 0.2) is 11.5 Å². The zero-order valence-electron chi connectivity index (χ0n) is 16.5. The van der Waals surface area contributed by atoms with Crippen molar-refractivity contribution in [3.63, 3.8) is 0 Å². The second-order valence-electron chi connectivity index (χ2n) is 6.50. The minimum atomic E-state index is 0.631. The minimum absolute atomic E-state index is 0.631. The van der Waals surface area contributed by atoms with E-state index in [0.29, 0.717) is 17.2 Å². The lowest BCUT2D eigenvalue weighted by atomic mass is 10.1. The van der Waals surface area contributed by atoms with Crippen LogP contribution in [0.5, 0.6) is 23.0 Å². The Kier molecular flexibility index (Phi) is 6.29. The second-order valence-corrected chi connectivity index (χ2v) is 6.50. The van der Waals surface area contributed by atoms with E-state index >= 15 is 0 Å². The quantitative estimate of drug-likeness (QED) is 0.744. The van der Waals surface area contributed by atoms with Gasteiger partial charge in [0.25, 0.3) is 0 Å². The van der Waals surface area contributed by atoms with Crippen LogP contribution in [0.1, 0.15) is 5.56 Å². The fourth-order valence-electron chi connectivity index (χ4n) is 3.46. The maximum atomic E-state index is 5.46. The summed E-state index contributed by atoms with van der Waals surface area (Å²) in [4.78, 5) is 4.84. The van der Waals surface area contributed by atoms with Gasteiger partial charge in [-0.25, -0.2) is 0 Å². The average Bonchev–Trinajstić information content (AvgIpc) is 2.73. The molecule has 0 radical (unpaired) electrons. The molecule has 2 aromatic rings. The monoisotopic (exact) mass is 372 g/mol. The van der Waals surface area contributed by atoms with Gasteiger partial charge in [0, 0.05) is 44.5 Å². The normalized spacial score (nSPS) is 14.7. The van der Waals surface area contributed by atoms with Crippen LogP contribution < -0.4 is 23.8 Å². The van der Waals surface area contributed by atoms with Gasteiger partial charge >= 0.3 is 0 Å². The van der Waals surface area contributed by atoms with E-state index in [0.717, 1.165) is 44.0 Å². The molecule has 0 amide bonds. The molecule has 6 heteroatoms. The molecule has 1 saturated heterocycles. The van der Waals surface area contributed by atoms with E-state index in [1.54, 1.807) is 28.4 Å². The van der Waals surface area contributed by atoms with Crippen molar-refractivity contribution in [1.82, 2.24) is 4.90 Å². The molecule has 1 aliphatic heterocycles. The zero-order chi connectivity index (χ0) is 19.2. The summed E-state index contributed by atoms with van der Waals surface area (Å²) in [5.41, 5.74) is 2.36. The van der Waals surface area contributed by atoms with E-state index < -0.39 is 0 Å². The van der Waals surface area contributed by atoms with Gasteiger partial charge in [-0.15, -0.1) is 0 Å². The summed E-state index contributed by atoms with van der Waals surface area (Å²) in [6.45, 7) is 4.81. The molecule has 0 unspecified atom stereocenters. The van der Waals surface area contributed by atoms with Crippen LogP contribution in [0, 0.1) is 0 Å². The van der Waals surface area contributed by atoms with Gasteiger partial charge in [0.1, 0.15) is 5.75 Å². The molecule has 3 rings (SSSR count). The number of hydrogen-bond acceptors (Lipinski definition) is 6. The summed E-state index contributed by atoms with van der Waals surface area (Å²) in [5, 5.41) is 0. The predicted octanol–water partition coefficient (Wildman–Crippen LogP) is 3.04. The fraction of sp³-hybridized carbons (Fsp3) is 0.429. The van der Waals surface area contributed by atoms with Crippen LogP contribution in [0.25, 0.3) is 0 Å². The summed E-state index contributed by atoms with van der Waals surface area (Å²) in [5.74, 6) is 2.92. The van der Waals surface area contributed by atoms with Crippen LogP contribution in [0.3, 0.4) is 0 Å². The maximum absolute atomic E-state index is 5.46. The number of hydrogen-bond donors (Lipinski definition) is 0. The summed E-state index contributed by atoms with van der Waals surface area (Å²) < 4.78 is 21.7. The number of ether oxygens (including phenoxy) is 4. The molecular weight excluding hydrogens is 344 g/mol. The zero-order valence-corrected chi connectivity index (χ0v) is 16.5. The molecule has 0 N–H and O–H groups in total. The first kappa shape index (κ1) is 19.2. The van der Waals surface area contributed by atoms with Gasteiger partial charge in [-0.1, -0.05) is 6.07 Å². The molecular formula is C21H28N2O4. The maximum Gasteiger partial charge on any atom is 0.203 e. The Morgan fingerprint density at radius 1 is 0.778 bits per heavy atom. The van der Waals surface area contributed by atoms with Gasteiger partial charge in [0.05, 0.1) is 28.4 Å². The highest BCUT2D eigenvalue weighted by molar-refractivity contribution is 5.54. The fourth-order valence-corrected chi connectivity index (χ4v) is 3.46. The second kappa shape index (κ2) is 8.86. The molecule has 0 spiro atoms. The SMILES string of the molecule is COc1cccc(N2CCN(Cc3cc(OC)c(OC)c(OC)c3)CC2)c1. The van der Waals surface area contributed by atoms with Gasteiger partial charge in [-0.3, -0.25) is 4.90 Å². The van der Waals surface area contributed by atoms with E-state index in [9.17, 15) is 0 Å². The Bertz CT molecular complexity index is 733. The first-order valence-electron chi connectivity index (χ1n) is 9.08. The number of methoxy groups -OCH3 is 4. The van der Waals surface area contributed by atoms with E-state index in [2.05, 4.69) is 21.9 Å². The Balaban J connectivity index is 1.65. The summed E-state index contributed by atoms with van der Waals surface area (Å²) >= 11 is 0. The van der Waals surface area contributed by atoms with Crippen LogP contribution in [0.2, 0.25) is 0 Å². The molecule has 0 saturated carbocycles. The molecule has 2 aromatic carbocycles. The molecule has 1 fully saturated rings. The molecule has 0 atom stereocenters. The molecule has 0 bridgehead atoms. The van der Waals surface area contributed by atoms with Gasteiger partial charge < -0.3 is 23.8 Å².